The number of rotatable bonds is 6. The number of methoxy groups -OCH3 is 1. The van der Waals surface area contributed by atoms with Crippen molar-refractivity contribution in [3.05, 3.63) is 59.7 Å². The van der Waals surface area contributed by atoms with E-state index in [9.17, 15) is 9.59 Å². The second kappa shape index (κ2) is 8.71. The molecular weight excluding hydrogens is 340 g/mol. The van der Waals surface area contributed by atoms with Crippen molar-refractivity contribution < 1.29 is 14.3 Å². The SMILES string of the molecule is COc1ccccc1CCC(=O)N1CCN(c2ccc(C(C)=O)cc2)CC1. The molecule has 2 aromatic rings. The highest BCUT2D eigenvalue weighted by Crippen LogP contribution is 2.21. The van der Waals surface area contributed by atoms with Crippen molar-refractivity contribution in [1.29, 1.82) is 0 Å². The van der Waals surface area contributed by atoms with Gasteiger partial charge in [-0.2, -0.15) is 0 Å². The molecule has 142 valence electrons. The zero-order valence-corrected chi connectivity index (χ0v) is 16.0. The van der Waals surface area contributed by atoms with Gasteiger partial charge in [-0.25, -0.2) is 0 Å². The monoisotopic (exact) mass is 366 g/mol. The quantitative estimate of drug-likeness (QED) is 0.737. The van der Waals surface area contributed by atoms with Crippen molar-refractivity contribution in [2.45, 2.75) is 19.8 Å². The van der Waals surface area contributed by atoms with Gasteiger partial charge in [0.1, 0.15) is 5.75 Å². The molecule has 0 N–H and O–H groups in total. The number of hydrogen-bond acceptors (Lipinski definition) is 4. The van der Waals surface area contributed by atoms with Crippen molar-refractivity contribution >= 4 is 17.4 Å². The van der Waals surface area contributed by atoms with Crippen LogP contribution in [-0.4, -0.2) is 49.9 Å². The summed E-state index contributed by atoms with van der Waals surface area (Å²) in [6.45, 7) is 4.63. The lowest BCUT2D eigenvalue weighted by atomic mass is 10.1. The van der Waals surface area contributed by atoms with Crippen LogP contribution in [0.4, 0.5) is 5.69 Å². The molecule has 1 aliphatic rings. The van der Waals surface area contributed by atoms with Gasteiger partial charge in [0, 0.05) is 43.9 Å². The van der Waals surface area contributed by atoms with Gasteiger partial charge in [0.05, 0.1) is 7.11 Å². The maximum Gasteiger partial charge on any atom is 0.223 e. The zero-order valence-electron chi connectivity index (χ0n) is 16.0. The van der Waals surface area contributed by atoms with E-state index in [-0.39, 0.29) is 11.7 Å². The minimum atomic E-state index is 0.0759. The highest BCUT2D eigenvalue weighted by molar-refractivity contribution is 5.94. The second-order valence-corrected chi connectivity index (χ2v) is 6.78. The molecule has 2 aromatic carbocycles. The smallest absolute Gasteiger partial charge is 0.223 e. The van der Waals surface area contributed by atoms with Gasteiger partial charge in [0.2, 0.25) is 5.91 Å². The predicted octanol–water partition coefficient (Wildman–Crippen LogP) is 3.18. The van der Waals surface area contributed by atoms with Gasteiger partial charge in [-0.1, -0.05) is 18.2 Å². The zero-order chi connectivity index (χ0) is 19.2. The lowest BCUT2D eigenvalue weighted by Crippen LogP contribution is -2.48. The molecule has 0 saturated carbocycles. The van der Waals surface area contributed by atoms with E-state index in [0.717, 1.165) is 48.7 Å². The van der Waals surface area contributed by atoms with Gasteiger partial charge in [-0.15, -0.1) is 0 Å². The second-order valence-electron chi connectivity index (χ2n) is 6.78. The lowest BCUT2D eigenvalue weighted by molar-refractivity contribution is -0.131. The van der Waals surface area contributed by atoms with E-state index in [1.165, 1.54) is 0 Å². The molecule has 0 atom stereocenters. The summed E-state index contributed by atoms with van der Waals surface area (Å²) in [4.78, 5) is 28.2. The number of ether oxygens (including phenoxy) is 1. The summed E-state index contributed by atoms with van der Waals surface area (Å²) in [5.74, 6) is 1.10. The van der Waals surface area contributed by atoms with Crippen LogP contribution in [0.15, 0.2) is 48.5 Å². The number of benzene rings is 2. The van der Waals surface area contributed by atoms with Crippen LogP contribution in [0.3, 0.4) is 0 Å². The predicted molar refractivity (Wildman–Crippen MR) is 107 cm³/mol. The summed E-state index contributed by atoms with van der Waals surface area (Å²) in [6.07, 6.45) is 1.18. The molecule has 1 aliphatic heterocycles. The maximum absolute atomic E-state index is 12.6. The number of aryl methyl sites for hydroxylation is 1. The highest BCUT2D eigenvalue weighted by Gasteiger charge is 2.21. The highest BCUT2D eigenvalue weighted by atomic mass is 16.5. The summed E-state index contributed by atoms with van der Waals surface area (Å²) in [5.41, 5.74) is 2.89. The number of amides is 1. The number of nitrogens with zero attached hydrogens (tertiary/aromatic N) is 2. The van der Waals surface area contributed by atoms with Crippen LogP contribution in [0, 0.1) is 0 Å². The molecule has 1 fully saturated rings. The fourth-order valence-corrected chi connectivity index (χ4v) is 3.43. The molecule has 0 radical (unpaired) electrons. The fourth-order valence-electron chi connectivity index (χ4n) is 3.43. The molecule has 1 amide bonds. The normalized spacial score (nSPS) is 14.1. The number of anilines is 1. The summed E-state index contributed by atoms with van der Waals surface area (Å²) in [5, 5.41) is 0. The first-order chi connectivity index (χ1) is 13.1. The van der Waals surface area contributed by atoms with E-state index in [1.807, 2.05) is 53.4 Å². The number of piperazine rings is 1. The van der Waals surface area contributed by atoms with Crippen molar-refractivity contribution in [3.63, 3.8) is 0 Å². The number of para-hydroxylation sites is 1. The molecule has 0 spiro atoms. The van der Waals surface area contributed by atoms with E-state index in [0.29, 0.717) is 12.8 Å². The van der Waals surface area contributed by atoms with Crippen molar-refractivity contribution in [3.8, 4) is 5.75 Å². The Morgan fingerprint density at radius 1 is 0.963 bits per heavy atom. The Hall–Kier alpha value is -2.82. The summed E-state index contributed by atoms with van der Waals surface area (Å²) >= 11 is 0. The third-order valence-electron chi connectivity index (χ3n) is 5.07. The van der Waals surface area contributed by atoms with Crippen molar-refractivity contribution in [1.82, 2.24) is 4.90 Å². The molecule has 3 rings (SSSR count). The van der Waals surface area contributed by atoms with E-state index < -0.39 is 0 Å². The van der Waals surface area contributed by atoms with E-state index in [2.05, 4.69) is 4.90 Å². The first-order valence-corrected chi connectivity index (χ1v) is 9.34. The Kier molecular flexibility index (Phi) is 6.12. The van der Waals surface area contributed by atoms with Crippen LogP contribution in [0.2, 0.25) is 0 Å². The molecule has 1 saturated heterocycles. The average molecular weight is 366 g/mol. The Bertz CT molecular complexity index is 793. The molecular formula is C22H26N2O3. The van der Waals surface area contributed by atoms with Gasteiger partial charge in [-0.05, 0) is 49.2 Å². The molecule has 0 unspecified atom stereocenters. The number of carbonyl (C=O) groups excluding carboxylic acids is 2. The van der Waals surface area contributed by atoms with Crippen LogP contribution in [-0.2, 0) is 11.2 Å². The molecule has 0 aliphatic carbocycles. The maximum atomic E-state index is 12.6. The van der Waals surface area contributed by atoms with Crippen LogP contribution >= 0.6 is 0 Å². The minimum absolute atomic E-state index is 0.0759. The number of carbonyl (C=O) groups is 2. The number of hydrogen-bond donors (Lipinski definition) is 0. The summed E-state index contributed by atoms with van der Waals surface area (Å²) < 4.78 is 5.36. The van der Waals surface area contributed by atoms with Crippen LogP contribution in [0.5, 0.6) is 5.75 Å². The van der Waals surface area contributed by atoms with Crippen molar-refractivity contribution in [2.75, 3.05) is 38.2 Å². The van der Waals surface area contributed by atoms with E-state index in [4.69, 9.17) is 4.74 Å². The Morgan fingerprint density at radius 3 is 2.26 bits per heavy atom. The summed E-state index contributed by atoms with van der Waals surface area (Å²) in [7, 11) is 1.66. The standard InChI is InChI=1S/C22H26N2O3/c1-17(25)18-7-10-20(11-8-18)23-13-15-24(16-14-23)22(26)12-9-19-5-3-4-6-21(19)27-2/h3-8,10-11H,9,12-16H2,1-2H3. The van der Waals surface area contributed by atoms with Crippen LogP contribution in [0.1, 0.15) is 29.3 Å². The molecule has 0 aromatic heterocycles. The molecule has 5 heteroatoms. The van der Waals surface area contributed by atoms with Crippen LogP contribution < -0.4 is 9.64 Å². The average Bonchev–Trinajstić information content (AvgIpc) is 2.72. The molecule has 5 nitrogen and oxygen atoms in total. The van der Waals surface area contributed by atoms with Crippen molar-refractivity contribution in [2.24, 2.45) is 0 Å². The largest absolute Gasteiger partial charge is 0.496 e. The fraction of sp³-hybridized carbons (Fsp3) is 0.364. The van der Waals surface area contributed by atoms with Gasteiger partial charge in [-0.3, -0.25) is 9.59 Å². The van der Waals surface area contributed by atoms with E-state index >= 15 is 0 Å². The molecule has 0 bridgehead atoms. The summed E-state index contributed by atoms with van der Waals surface area (Å²) in [6, 6.07) is 15.5. The first kappa shape index (κ1) is 19.0. The Labute approximate surface area is 160 Å². The number of Topliss-reactive ketones (excluding diaryl/α,β-unsaturated/α-hetero) is 1. The Balaban J connectivity index is 1.51. The topological polar surface area (TPSA) is 49.9 Å². The van der Waals surface area contributed by atoms with Gasteiger partial charge in [0.25, 0.3) is 0 Å². The van der Waals surface area contributed by atoms with Gasteiger partial charge in [0.15, 0.2) is 5.78 Å². The third-order valence-corrected chi connectivity index (χ3v) is 5.07. The Morgan fingerprint density at radius 2 is 1.63 bits per heavy atom. The van der Waals surface area contributed by atoms with E-state index in [1.54, 1.807) is 14.0 Å². The first-order valence-electron chi connectivity index (χ1n) is 9.34. The molecule has 27 heavy (non-hydrogen) atoms. The van der Waals surface area contributed by atoms with Gasteiger partial charge < -0.3 is 14.5 Å². The van der Waals surface area contributed by atoms with Gasteiger partial charge >= 0.3 is 0 Å². The third kappa shape index (κ3) is 4.67. The van der Waals surface area contributed by atoms with Crippen LogP contribution in [0.25, 0.3) is 0 Å². The molecule has 1 heterocycles. The number of ketones is 1. The lowest BCUT2D eigenvalue weighted by Gasteiger charge is -2.36. The minimum Gasteiger partial charge on any atom is -0.496 e.